The molecule has 0 aliphatic carbocycles. The third-order valence-corrected chi connectivity index (χ3v) is 4.88. The smallest absolute Gasteiger partial charge is 0.423 e. The predicted octanol–water partition coefficient (Wildman–Crippen LogP) is 0.346. The zero-order valence-electron chi connectivity index (χ0n) is 10.8. The summed E-state index contributed by atoms with van der Waals surface area (Å²) in [5.74, 6) is 0. The summed E-state index contributed by atoms with van der Waals surface area (Å²) in [6.45, 7) is 8.32. The summed E-state index contributed by atoms with van der Waals surface area (Å²) in [6, 6.07) is 5.78. The van der Waals surface area contributed by atoms with Crippen LogP contribution < -0.4 is 10.6 Å². The highest BCUT2D eigenvalue weighted by Crippen LogP contribution is 2.11. The van der Waals surface area contributed by atoms with Gasteiger partial charge in [0.1, 0.15) is 0 Å². The SMILES string of the molecule is CCc1ccc(B(O)O)c([Si](C)(C)C)c1C#N. The Bertz CT molecular complexity index is 461. The minimum absolute atomic E-state index is 0.484. The maximum atomic E-state index is 9.42. The summed E-state index contributed by atoms with van der Waals surface area (Å²) in [4.78, 5) is 0. The number of nitrogens with zero attached hydrogens (tertiary/aromatic N) is 1. The molecular formula is C12H18BNO2Si. The summed E-state index contributed by atoms with van der Waals surface area (Å²) in [5.41, 5.74) is 2.10. The second kappa shape index (κ2) is 5.05. The van der Waals surface area contributed by atoms with Crippen molar-refractivity contribution in [2.24, 2.45) is 0 Å². The van der Waals surface area contributed by atoms with Crippen molar-refractivity contribution in [2.75, 3.05) is 0 Å². The zero-order valence-corrected chi connectivity index (χ0v) is 11.8. The fourth-order valence-corrected chi connectivity index (χ4v) is 4.15. The maximum Gasteiger partial charge on any atom is 0.488 e. The van der Waals surface area contributed by atoms with E-state index in [1.54, 1.807) is 6.07 Å². The fourth-order valence-electron chi connectivity index (χ4n) is 2.11. The van der Waals surface area contributed by atoms with Gasteiger partial charge in [-0.05, 0) is 22.6 Å². The van der Waals surface area contributed by atoms with Gasteiger partial charge in [-0.1, -0.05) is 38.7 Å². The molecule has 0 saturated carbocycles. The van der Waals surface area contributed by atoms with E-state index in [2.05, 4.69) is 25.7 Å². The number of rotatable bonds is 3. The van der Waals surface area contributed by atoms with Crippen LogP contribution >= 0.6 is 0 Å². The molecule has 5 heteroatoms. The highest BCUT2D eigenvalue weighted by molar-refractivity contribution is 6.92. The standard InChI is InChI=1S/C12H18BNO2Si/c1-5-9-6-7-11(13(15)16)12(10(9)8-14)17(2,3)4/h6-7,15-16H,5H2,1-4H3. The third kappa shape index (κ3) is 2.78. The molecule has 1 rings (SSSR count). The molecule has 17 heavy (non-hydrogen) atoms. The Morgan fingerprint density at radius 2 is 1.88 bits per heavy atom. The van der Waals surface area contributed by atoms with Gasteiger partial charge in [-0.3, -0.25) is 0 Å². The van der Waals surface area contributed by atoms with Crippen molar-refractivity contribution in [3.8, 4) is 6.07 Å². The highest BCUT2D eigenvalue weighted by Gasteiger charge is 2.29. The Labute approximate surface area is 104 Å². The number of benzene rings is 1. The van der Waals surface area contributed by atoms with E-state index >= 15 is 0 Å². The van der Waals surface area contributed by atoms with Gasteiger partial charge in [0.25, 0.3) is 0 Å². The van der Waals surface area contributed by atoms with Crippen molar-refractivity contribution in [1.82, 2.24) is 0 Å². The van der Waals surface area contributed by atoms with E-state index in [1.807, 2.05) is 13.0 Å². The molecule has 0 bridgehead atoms. The molecule has 0 amide bonds. The molecule has 0 heterocycles. The van der Waals surface area contributed by atoms with Gasteiger partial charge in [-0.15, -0.1) is 0 Å². The first-order valence-electron chi connectivity index (χ1n) is 5.75. The van der Waals surface area contributed by atoms with Gasteiger partial charge >= 0.3 is 7.12 Å². The van der Waals surface area contributed by atoms with Crippen LogP contribution in [-0.4, -0.2) is 25.2 Å². The van der Waals surface area contributed by atoms with E-state index in [-0.39, 0.29) is 0 Å². The molecule has 0 atom stereocenters. The lowest BCUT2D eigenvalue weighted by molar-refractivity contribution is 0.426. The first kappa shape index (κ1) is 14.0. The van der Waals surface area contributed by atoms with Gasteiger partial charge in [0.15, 0.2) is 0 Å². The molecule has 0 aliphatic rings. The van der Waals surface area contributed by atoms with Crippen molar-refractivity contribution < 1.29 is 10.0 Å². The average molecular weight is 247 g/mol. The number of hydrogen-bond donors (Lipinski definition) is 2. The Hall–Kier alpha value is -1.09. The van der Waals surface area contributed by atoms with Crippen molar-refractivity contribution in [2.45, 2.75) is 33.0 Å². The monoisotopic (exact) mass is 247 g/mol. The van der Waals surface area contributed by atoms with Crippen LogP contribution in [0, 0.1) is 11.3 Å². The first-order valence-corrected chi connectivity index (χ1v) is 9.25. The fraction of sp³-hybridized carbons (Fsp3) is 0.417. The molecule has 90 valence electrons. The van der Waals surface area contributed by atoms with E-state index in [4.69, 9.17) is 0 Å². The van der Waals surface area contributed by atoms with Gasteiger partial charge in [0.2, 0.25) is 0 Å². The van der Waals surface area contributed by atoms with E-state index in [0.29, 0.717) is 11.0 Å². The molecule has 0 saturated heterocycles. The Morgan fingerprint density at radius 3 is 2.24 bits per heavy atom. The van der Waals surface area contributed by atoms with E-state index < -0.39 is 15.2 Å². The van der Waals surface area contributed by atoms with Crippen LogP contribution in [0.2, 0.25) is 19.6 Å². The van der Waals surface area contributed by atoms with Crippen LogP contribution in [0.4, 0.5) is 0 Å². The van der Waals surface area contributed by atoms with Gasteiger partial charge in [-0.2, -0.15) is 5.26 Å². The first-order chi connectivity index (χ1) is 7.82. The zero-order chi connectivity index (χ0) is 13.2. The van der Waals surface area contributed by atoms with Crippen molar-refractivity contribution in [3.63, 3.8) is 0 Å². The minimum atomic E-state index is -1.80. The lowest BCUT2D eigenvalue weighted by atomic mass is 9.78. The molecular weight excluding hydrogens is 229 g/mol. The van der Waals surface area contributed by atoms with Gasteiger partial charge < -0.3 is 10.0 Å². The van der Waals surface area contributed by atoms with Crippen molar-refractivity contribution in [3.05, 3.63) is 23.3 Å². The number of nitriles is 1. The lowest BCUT2D eigenvalue weighted by Crippen LogP contribution is -2.55. The molecule has 0 fully saturated rings. The molecule has 0 spiro atoms. The molecule has 1 aromatic rings. The predicted molar refractivity (Wildman–Crippen MR) is 73.3 cm³/mol. The molecule has 0 unspecified atom stereocenters. The van der Waals surface area contributed by atoms with E-state index in [9.17, 15) is 15.3 Å². The van der Waals surface area contributed by atoms with Crippen LogP contribution in [0.25, 0.3) is 0 Å². The average Bonchev–Trinajstić information content (AvgIpc) is 2.25. The maximum absolute atomic E-state index is 9.42. The molecule has 0 aromatic heterocycles. The van der Waals surface area contributed by atoms with Crippen LogP contribution in [-0.2, 0) is 6.42 Å². The summed E-state index contributed by atoms with van der Waals surface area (Å²) >= 11 is 0. The Morgan fingerprint density at radius 1 is 1.29 bits per heavy atom. The van der Waals surface area contributed by atoms with Crippen LogP contribution in [0.3, 0.4) is 0 Å². The normalized spacial score (nSPS) is 11.1. The second-order valence-electron chi connectivity index (χ2n) is 5.15. The molecule has 0 aliphatic heterocycles. The van der Waals surface area contributed by atoms with Crippen LogP contribution in [0.5, 0.6) is 0 Å². The van der Waals surface area contributed by atoms with Gasteiger partial charge in [0, 0.05) is 0 Å². The minimum Gasteiger partial charge on any atom is -0.423 e. The highest BCUT2D eigenvalue weighted by atomic mass is 28.3. The van der Waals surface area contributed by atoms with E-state index in [1.165, 1.54) is 0 Å². The Kier molecular flexibility index (Phi) is 4.15. The second-order valence-corrected chi connectivity index (χ2v) is 10.2. The van der Waals surface area contributed by atoms with E-state index in [0.717, 1.165) is 17.2 Å². The van der Waals surface area contributed by atoms with Crippen molar-refractivity contribution in [1.29, 1.82) is 5.26 Å². The summed E-state index contributed by atoms with van der Waals surface area (Å²) in [6.07, 6.45) is 0.780. The Balaban J connectivity index is 3.64. The van der Waals surface area contributed by atoms with Crippen molar-refractivity contribution >= 4 is 25.8 Å². The quantitative estimate of drug-likeness (QED) is 0.757. The topological polar surface area (TPSA) is 64.2 Å². The van der Waals surface area contributed by atoms with Gasteiger partial charge in [-0.25, -0.2) is 0 Å². The molecule has 2 N–H and O–H groups in total. The summed E-state index contributed by atoms with van der Waals surface area (Å²) in [7, 11) is -3.30. The number of hydrogen-bond acceptors (Lipinski definition) is 3. The summed E-state index contributed by atoms with van der Waals surface area (Å²) in [5, 5.41) is 29.0. The van der Waals surface area contributed by atoms with Crippen LogP contribution in [0.1, 0.15) is 18.1 Å². The third-order valence-electron chi connectivity index (χ3n) is 2.84. The molecule has 1 aromatic carbocycles. The lowest BCUT2D eigenvalue weighted by Gasteiger charge is -2.24. The molecule has 3 nitrogen and oxygen atoms in total. The summed E-state index contributed by atoms with van der Waals surface area (Å²) < 4.78 is 0. The largest absolute Gasteiger partial charge is 0.488 e. The number of aryl methyl sites for hydroxylation is 1. The van der Waals surface area contributed by atoms with Crippen LogP contribution in [0.15, 0.2) is 12.1 Å². The van der Waals surface area contributed by atoms with Gasteiger partial charge in [0.05, 0.1) is 19.7 Å². The molecule has 0 radical (unpaired) electrons.